The van der Waals surface area contributed by atoms with Crippen LogP contribution in [0, 0.1) is 30.1 Å². The van der Waals surface area contributed by atoms with Gasteiger partial charge in [-0.2, -0.15) is 5.26 Å². The Morgan fingerprint density at radius 2 is 2.35 bits per heavy atom. The van der Waals surface area contributed by atoms with Gasteiger partial charge in [-0.05, 0) is 25.5 Å². The highest BCUT2D eigenvalue weighted by molar-refractivity contribution is 5.72. The number of ether oxygens (including phenoxy) is 1. The Morgan fingerprint density at radius 3 is 2.94 bits per heavy atom. The van der Waals surface area contributed by atoms with Crippen LogP contribution in [-0.4, -0.2) is 17.6 Å². The summed E-state index contributed by atoms with van der Waals surface area (Å²) in [6.45, 7) is 3.90. The van der Waals surface area contributed by atoms with Crippen LogP contribution < -0.4 is 0 Å². The highest BCUT2D eigenvalue weighted by Gasteiger charge is 1.99. The number of esters is 1. The minimum Gasteiger partial charge on any atom is -0.465 e. The van der Waals surface area contributed by atoms with Gasteiger partial charge in [0.25, 0.3) is 0 Å². The third-order valence-electron chi connectivity index (χ3n) is 1.95. The molecule has 0 bridgehead atoms. The van der Waals surface area contributed by atoms with Crippen molar-refractivity contribution in [2.45, 2.75) is 20.3 Å². The maximum atomic E-state index is 11.0. The highest BCUT2D eigenvalue weighted by Crippen LogP contribution is 2.05. The van der Waals surface area contributed by atoms with Gasteiger partial charge in [0.1, 0.15) is 18.2 Å². The van der Waals surface area contributed by atoms with Gasteiger partial charge in [0.2, 0.25) is 0 Å². The zero-order valence-corrected chi connectivity index (χ0v) is 9.78. The second kappa shape index (κ2) is 6.30. The average Bonchev–Trinajstić information content (AvgIpc) is 2.29. The minimum atomic E-state index is -0.335. The predicted molar refractivity (Wildman–Crippen MR) is 61.8 cm³/mol. The second-order valence-corrected chi connectivity index (χ2v) is 3.28. The SMILES string of the molecule is CCOC(=O)CC#Cc1cnc(C#N)c(C)c1. The van der Waals surface area contributed by atoms with E-state index < -0.39 is 0 Å². The molecule has 0 radical (unpaired) electrons. The Labute approximate surface area is 100 Å². The molecule has 0 aliphatic carbocycles. The molecule has 0 atom stereocenters. The summed E-state index contributed by atoms with van der Waals surface area (Å²) >= 11 is 0. The Balaban J connectivity index is 2.70. The van der Waals surface area contributed by atoms with E-state index in [4.69, 9.17) is 10.00 Å². The van der Waals surface area contributed by atoms with Crippen molar-refractivity contribution in [2.24, 2.45) is 0 Å². The molecule has 0 saturated carbocycles. The number of aromatic nitrogens is 1. The van der Waals surface area contributed by atoms with E-state index in [1.54, 1.807) is 19.9 Å². The fourth-order valence-corrected chi connectivity index (χ4v) is 1.19. The van der Waals surface area contributed by atoms with Crippen LogP contribution in [0.2, 0.25) is 0 Å². The molecular weight excluding hydrogens is 216 g/mol. The maximum Gasteiger partial charge on any atom is 0.317 e. The first-order chi connectivity index (χ1) is 8.17. The molecule has 0 saturated heterocycles. The van der Waals surface area contributed by atoms with E-state index in [0.29, 0.717) is 17.9 Å². The van der Waals surface area contributed by atoms with Gasteiger partial charge in [-0.15, -0.1) is 0 Å². The maximum absolute atomic E-state index is 11.0. The molecule has 4 heteroatoms. The molecule has 1 rings (SSSR count). The Bertz CT molecular complexity index is 518. The molecular formula is C13H12N2O2. The van der Waals surface area contributed by atoms with Crippen LogP contribution in [0.4, 0.5) is 0 Å². The van der Waals surface area contributed by atoms with Gasteiger partial charge in [0.05, 0.1) is 6.61 Å². The van der Waals surface area contributed by atoms with Crippen molar-refractivity contribution in [3.63, 3.8) is 0 Å². The number of pyridine rings is 1. The van der Waals surface area contributed by atoms with E-state index >= 15 is 0 Å². The van der Waals surface area contributed by atoms with Crippen LogP contribution >= 0.6 is 0 Å². The van der Waals surface area contributed by atoms with E-state index in [1.807, 2.05) is 6.07 Å². The number of nitriles is 1. The average molecular weight is 228 g/mol. The molecule has 4 nitrogen and oxygen atoms in total. The third kappa shape index (κ3) is 3.96. The van der Waals surface area contributed by atoms with Gasteiger partial charge in [-0.25, -0.2) is 4.98 Å². The van der Waals surface area contributed by atoms with Crippen molar-refractivity contribution in [3.05, 3.63) is 29.1 Å². The first-order valence-corrected chi connectivity index (χ1v) is 5.18. The van der Waals surface area contributed by atoms with Crippen molar-refractivity contribution in [3.8, 4) is 17.9 Å². The summed E-state index contributed by atoms with van der Waals surface area (Å²) in [7, 11) is 0. The van der Waals surface area contributed by atoms with Gasteiger partial charge < -0.3 is 4.74 Å². The summed E-state index contributed by atoms with van der Waals surface area (Å²) in [6, 6.07) is 3.75. The van der Waals surface area contributed by atoms with E-state index in [1.165, 1.54) is 6.20 Å². The van der Waals surface area contributed by atoms with Crippen molar-refractivity contribution in [2.75, 3.05) is 6.61 Å². The molecule has 1 heterocycles. The molecule has 0 unspecified atom stereocenters. The monoisotopic (exact) mass is 228 g/mol. The number of hydrogen-bond acceptors (Lipinski definition) is 4. The smallest absolute Gasteiger partial charge is 0.317 e. The lowest BCUT2D eigenvalue weighted by Gasteiger charge is -1.96. The van der Waals surface area contributed by atoms with Crippen LogP contribution in [0.3, 0.4) is 0 Å². The van der Waals surface area contributed by atoms with E-state index in [9.17, 15) is 4.79 Å². The zero-order chi connectivity index (χ0) is 12.7. The fraction of sp³-hybridized carbons (Fsp3) is 0.308. The standard InChI is InChI=1S/C13H12N2O2/c1-3-17-13(16)6-4-5-11-7-10(2)12(8-14)15-9-11/h7,9H,3,6H2,1-2H3. The van der Waals surface area contributed by atoms with Gasteiger partial charge in [-0.3, -0.25) is 4.79 Å². The quantitative estimate of drug-likeness (QED) is 0.569. The number of nitrogens with zero attached hydrogens (tertiary/aromatic N) is 2. The minimum absolute atomic E-state index is 0.0624. The number of aryl methyl sites for hydroxylation is 1. The van der Waals surface area contributed by atoms with E-state index in [-0.39, 0.29) is 12.4 Å². The summed E-state index contributed by atoms with van der Waals surface area (Å²) in [5, 5.41) is 8.71. The molecule has 86 valence electrons. The van der Waals surface area contributed by atoms with Gasteiger partial charge in [-0.1, -0.05) is 11.8 Å². The highest BCUT2D eigenvalue weighted by atomic mass is 16.5. The van der Waals surface area contributed by atoms with Crippen LogP contribution in [0.15, 0.2) is 12.3 Å². The first kappa shape index (κ1) is 12.7. The molecule has 0 aliphatic rings. The lowest BCUT2D eigenvalue weighted by Crippen LogP contribution is -2.01. The lowest BCUT2D eigenvalue weighted by atomic mass is 10.1. The summed E-state index contributed by atoms with van der Waals surface area (Å²) in [6.07, 6.45) is 1.58. The third-order valence-corrected chi connectivity index (χ3v) is 1.95. The van der Waals surface area contributed by atoms with E-state index in [0.717, 1.165) is 5.56 Å². The van der Waals surface area contributed by atoms with Crippen LogP contribution in [0.1, 0.15) is 30.2 Å². The van der Waals surface area contributed by atoms with Crippen LogP contribution in [0.5, 0.6) is 0 Å². The summed E-state index contributed by atoms with van der Waals surface area (Å²) < 4.78 is 4.74. The van der Waals surface area contributed by atoms with Crippen molar-refractivity contribution >= 4 is 5.97 Å². The van der Waals surface area contributed by atoms with Gasteiger partial charge in [0, 0.05) is 11.8 Å². The summed E-state index contributed by atoms with van der Waals surface area (Å²) in [5.74, 6) is 5.17. The molecule has 0 aliphatic heterocycles. The van der Waals surface area contributed by atoms with Crippen molar-refractivity contribution in [1.29, 1.82) is 5.26 Å². The van der Waals surface area contributed by atoms with E-state index in [2.05, 4.69) is 16.8 Å². The van der Waals surface area contributed by atoms with Crippen molar-refractivity contribution < 1.29 is 9.53 Å². The largest absolute Gasteiger partial charge is 0.465 e. The summed E-state index contributed by atoms with van der Waals surface area (Å²) in [5.41, 5.74) is 1.85. The topological polar surface area (TPSA) is 63.0 Å². The molecule has 0 fully saturated rings. The number of carbonyl (C=O) groups is 1. The Morgan fingerprint density at radius 1 is 1.59 bits per heavy atom. The molecule has 1 aromatic heterocycles. The summed E-state index contributed by atoms with van der Waals surface area (Å²) in [4.78, 5) is 15.0. The van der Waals surface area contributed by atoms with Crippen molar-refractivity contribution in [1.82, 2.24) is 4.98 Å². The lowest BCUT2D eigenvalue weighted by molar-refractivity contribution is -0.141. The molecule has 1 aromatic rings. The first-order valence-electron chi connectivity index (χ1n) is 5.18. The Kier molecular flexibility index (Phi) is 4.72. The molecule has 17 heavy (non-hydrogen) atoms. The van der Waals surface area contributed by atoms with Gasteiger partial charge >= 0.3 is 5.97 Å². The predicted octanol–water partition coefficient (Wildman–Crippen LogP) is 1.57. The molecule has 0 N–H and O–H groups in total. The second-order valence-electron chi connectivity index (χ2n) is 3.28. The normalized spacial score (nSPS) is 8.76. The Hall–Kier alpha value is -2.33. The van der Waals surface area contributed by atoms with Gasteiger partial charge in [0.15, 0.2) is 0 Å². The molecule has 0 spiro atoms. The number of rotatable bonds is 2. The molecule has 0 aromatic carbocycles. The zero-order valence-electron chi connectivity index (χ0n) is 9.78. The van der Waals surface area contributed by atoms with Crippen LogP contribution in [0.25, 0.3) is 0 Å². The fourth-order valence-electron chi connectivity index (χ4n) is 1.19. The number of hydrogen-bond donors (Lipinski definition) is 0. The number of carbonyl (C=O) groups excluding carboxylic acids is 1. The molecule has 0 amide bonds. The van der Waals surface area contributed by atoms with Crippen LogP contribution in [-0.2, 0) is 9.53 Å².